The topological polar surface area (TPSA) is 46.9 Å². The van der Waals surface area contributed by atoms with Crippen LogP contribution in [0.2, 0.25) is 0 Å². The molecule has 0 radical (unpaired) electrons. The molecule has 1 amide bonds. The number of nitrogens with one attached hydrogen (secondary N) is 1. The third-order valence-corrected chi connectivity index (χ3v) is 3.58. The van der Waals surface area contributed by atoms with E-state index in [2.05, 4.69) is 26.3 Å². The molecule has 0 saturated heterocycles. The summed E-state index contributed by atoms with van der Waals surface area (Å²) in [6, 6.07) is 0.347. The SMILES string of the molecule is CCn1ncc(Br)c1C(=O)NC1CCCC1. The minimum absolute atomic E-state index is 0.0156. The van der Waals surface area contributed by atoms with Crippen LogP contribution < -0.4 is 5.32 Å². The Labute approximate surface area is 104 Å². The molecule has 88 valence electrons. The van der Waals surface area contributed by atoms with E-state index in [0.29, 0.717) is 18.3 Å². The molecule has 1 aromatic heterocycles. The number of aryl methyl sites for hydroxylation is 1. The van der Waals surface area contributed by atoms with Crippen molar-refractivity contribution in [3.8, 4) is 0 Å². The molecule has 16 heavy (non-hydrogen) atoms. The largest absolute Gasteiger partial charge is 0.348 e. The number of rotatable bonds is 3. The minimum Gasteiger partial charge on any atom is -0.348 e. The van der Waals surface area contributed by atoms with Crippen LogP contribution in [0, 0.1) is 0 Å². The number of aromatic nitrogens is 2. The highest BCUT2D eigenvalue weighted by atomic mass is 79.9. The van der Waals surface area contributed by atoms with Gasteiger partial charge in [0.1, 0.15) is 5.69 Å². The maximum Gasteiger partial charge on any atom is 0.270 e. The zero-order valence-corrected chi connectivity index (χ0v) is 11.0. The van der Waals surface area contributed by atoms with Gasteiger partial charge in [-0.3, -0.25) is 9.48 Å². The van der Waals surface area contributed by atoms with Crippen LogP contribution in [0.1, 0.15) is 43.1 Å². The van der Waals surface area contributed by atoms with Gasteiger partial charge in [-0.2, -0.15) is 5.10 Å². The van der Waals surface area contributed by atoms with Crippen LogP contribution >= 0.6 is 15.9 Å². The molecule has 0 atom stereocenters. The molecule has 0 aliphatic heterocycles. The fraction of sp³-hybridized carbons (Fsp3) is 0.636. The maximum absolute atomic E-state index is 12.1. The number of hydrogen-bond acceptors (Lipinski definition) is 2. The van der Waals surface area contributed by atoms with Gasteiger partial charge in [0.05, 0.1) is 10.7 Å². The van der Waals surface area contributed by atoms with E-state index < -0.39 is 0 Å². The second kappa shape index (κ2) is 4.99. The molecule has 0 spiro atoms. The number of hydrogen-bond donors (Lipinski definition) is 1. The zero-order chi connectivity index (χ0) is 11.5. The molecular formula is C11H16BrN3O. The number of carbonyl (C=O) groups is 1. The standard InChI is InChI=1S/C11H16BrN3O/c1-2-15-10(9(12)7-13-15)11(16)14-8-5-3-4-6-8/h7-8H,2-6H2,1H3,(H,14,16). The molecule has 0 bridgehead atoms. The Bertz CT molecular complexity index is 383. The Kier molecular flexibility index (Phi) is 3.63. The van der Waals surface area contributed by atoms with Crippen molar-refractivity contribution in [1.29, 1.82) is 0 Å². The van der Waals surface area contributed by atoms with Gasteiger partial charge in [-0.25, -0.2) is 0 Å². The zero-order valence-electron chi connectivity index (χ0n) is 9.37. The molecule has 1 N–H and O–H groups in total. The summed E-state index contributed by atoms with van der Waals surface area (Å²) in [5, 5.41) is 7.21. The maximum atomic E-state index is 12.1. The molecule has 1 aliphatic rings. The minimum atomic E-state index is -0.0156. The number of carbonyl (C=O) groups excluding carboxylic acids is 1. The Morgan fingerprint density at radius 3 is 2.94 bits per heavy atom. The predicted molar refractivity (Wildman–Crippen MR) is 65.3 cm³/mol. The van der Waals surface area contributed by atoms with Gasteiger partial charge in [-0.1, -0.05) is 12.8 Å². The van der Waals surface area contributed by atoms with Crippen LogP contribution in [0.5, 0.6) is 0 Å². The first-order valence-electron chi connectivity index (χ1n) is 5.74. The van der Waals surface area contributed by atoms with Gasteiger partial charge < -0.3 is 5.32 Å². The third-order valence-electron chi connectivity index (χ3n) is 3.00. The lowest BCUT2D eigenvalue weighted by atomic mass is 10.2. The van der Waals surface area contributed by atoms with Crippen molar-refractivity contribution in [3.05, 3.63) is 16.4 Å². The summed E-state index contributed by atoms with van der Waals surface area (Å²) in [5.74, 6) is -0.0156. The highest BCUT2D eigenvalue weighted by molar-refractivity contribution is 9.10. The summed E-state index contributed by atoms with van der Waals surface area (Å²) in [4.78, 5) is 12.1. The van der Waals surface area contributed by atoms with Gasteiger partial charge in [0.25, 0.3) is 5.91 Å². The Hall–Kier alpha value is -0.840. The first-order chi connectivity index (χ1) is 7.72. The van der Waals surface area contributed by atoms with Crippen molar-refractivity contribution >= 4 is 21.8 Å². The molecule has 1 aliphatic carbocycles. The van der Waals surface area contributed by atoms with Gasteiger partial charge in [0.15, 0.2) is 0 Å². The lowest BCUT2D eigenvalue weighted by molar-refractivity contribution is 0.0926. The molecule has 4 nitrogen and oxygen atoms in total. The summed E-state index contributed by atoms with van der Waals surface area (Å²) >= 11 is 3.36. The molecule has 1 heterocycles. The highest BCUT2D eigenvalue weighted by Gasteiger charge is 2.21. The van der Waals surface area contributed by atoms with Gasteiger partial charge >= 0.3 is 0 Å². The monoisotopic (exact) mass is 285 g/mol. The average molecular weight is 286 g/mol. The molecule has 2 rings (SSSR count). The van der Waals surface area contributed by atoms with E-state index in [0.717, 1.165) is 17.3 Å². The average Bonchev–Trinajstić information content (AvgIpc) is 2.87. The van der Waals surface area contributed by atoms with Crippen LogP contribution in [0.4, 0.5) is 0 Å². The van der Waals surface area contributed by atoms with Crippen molar-refractivity contribution in [3.63, 3.8) is 0 Å². The quantitative estimate of drug-likeness (QED) is 0.927. The molecular weight excluding hydrogens is 270 g/mol. The Morgan fingerprint density at radius 2 is 2.31 bits per heavy atom. The van der Waals surface area contributed by atoms with Crippen LogP contribution in [0.3, 0.4) is 0 Å². The lowest BCUT2D eigenvalue weighted by Crippen LogP contribution is -2.34. The fourth-order valence-corrected chi connectivity index (χ4v) is 2.63. The highest BCUT2D eigenvalue weighted by Crippen LogP contribution is 2.20. The summed E-state index contributed by atoms with van der Waals surface area (Å²) in [6.07, 6.45) is 6.32. The van der Waals surface area contributed by atoms with Crippen molar-refractivity contribution in [2.75, 3.05) is 0 Å². The van der Waals surface area contributed by atoms with E-state index in [1.165, 1.54) is 12.8 Å². The number of nitrogens with zero attached hydrogens (tertiary/aromatic N) is 2. The van der Waals surface area contributed by atoms with Crippen LogP contribution in [0.15, 0.2) is 10.7 Å². The smallest absolute Gasteiger partial charge is 0.270 e. The second-order valence-electron chi connectivity index (χ2n) is 4.11. The predicted octanol–water partition coefficient (Wildman–Crippen LogP) is 2.34. The van der Waals surface area contributed by atoms with Gasteiger partial charge in [0.2, 0.25) is 0 Å². The van der Waals surface area contributed by atoms with Gasteiger partial charge in [0, 0.05) is 12.6 Å². The van der Waals surface area contributed by atoms with E-state index in [1.54, 1.807) is 10.9 Å². The lowest BCUT2D eigenvalue weighted by Gasteiger charge is -2.12. The van der Waals surface area contributed by atoms with Crippen LogP contribution in [0.25, 0.3) is 0 Å². The molecule has 5 heteroatoms. The summed E-state index contributed by atoms with van der Waals surface area (Å²) in [6.45, 7) is 2.69. The number of amides is 1. The first kappa shape index (κ1) is 11.6. The number of halogens is 1. The van der Waals surface area contributed by atoms with E-state index in [4.69, 9.17) is 0 Å². The van der Waals surface area contributed by atoms with Crippen molar-refractivity contribution < 1.29 is 4.79 Å². The van der Waals surface area contributed by atoms with Gasteiger partial charge in [-0.15, -0.1) is 0 Å². The van der Waals surface area contributed by atoms with E-state index in [-0.39, 0.29) is 5.91 Å². The molecule has 1 aromatic rings. The van der Waals surface area contributed by atoms with Crippen molar-refractivity contribution in [2.45, 2.75) is 45.2 Å². The summed E-state index contributed by atoms with van der Waals surface area (Å²) in [5.41, 5.74) is 0.634. The third kappa shape index (κ3) is 2.29. The molecule has 1 fully saturated rings. The molecule has 0 unspecified atom stereocenters. The van der Waals surface area contributed by atoms with Crippen molar-refractivity contribution in [1.82, 2.24) is 15.1 Å². The van der Waals surface area contributed by atoms with Gasteiger partial charge in [-0.05, 0) is 35.7 Å². The van der Waals surface area contributed by atoms with Crippen LogP contribution in [-0.2, 0) is 6.54 Å². The first-order valence-corrected chi connectivity index (χ1v) is 6.54. The summed E-state index contributed by atoms with van der Waals surface area (Å²) in [7, 11) is 0. The molecule has 1 saturated carbocycles. The van der Waals surface area contributed by atoms with Crippen molar-refractivity contribution in [2.24, 2.45) is 0 Å². The van der Waals surface area contributed by atoms with E-state index in [9.17, 15) is 4.79 Å². The summed E-state index contributed by atoms with van der Waals surface area (Å²) < 4.78 is 2.49. The van der Waals surface area contributed by atoms with Crippen LogP contribution in [-0.4, -0.2) is 21.7 Å². The molecule has 0 aromatic carbocycles. The fourth-order valence-electron chi connectivity index (χ4n) is 2.15. The second-order valence-corrected chi connectivity index (χ2v) is 4.97. The normalized spacial score (nSPS) is 16.6. The Balaban J connectivity index is 2.10. The Morgan fingerprint density at radius 1 is 1.62 bits per heavy atom. The van der Waals surface area contributed by atoms with E-state index >= 15 is 0 Å². The van der Waals surface area contributed by atoms with E-state index in [1.807, 2.05) is 6.92 Å².